The Morgan fingerprint density at radius 3 is 2.52 bits per heavy atom. The minimum atomic E-state index is -0.833. The van der Waals surface area contributed by atoms with Gasteiger partial charge in [-0.25, -0.2) is 14.0 Å². The van der Waals surface area contributed by atoms with Crippen molar-refractivity contribution >= 4 is 34.2 Å². The number of ether oxygens (including phenoxy) is 3. The van der Waals surface area contributed by atoms with E-state index in [0.717, 1.165) is 4.88 Å². The molecule has 0 aliphatic heterocycles. The number of carbonyl (C=O) groups excluding carboxylic acids is 3. The Hall–Kier alpha value is -2.94. The van der Waals surface area contributed by atoms with Gasteiger partial charge in [0.2, 0.25) is 0 Å². The second kappa shape index (κ2) is 9.13. The number of anilines is 1. The monoisotopic (exact) mass is 395 g/mol. The molecule has 2 aromatic rings. The highest BCUT2D eigenvalue weighted by Gasteiger charge is 2.22. The summed E-state index contributed by atoms with van der Waals surface area (Å²) in [5.74, 6) is -2.73. The van der Waals surface area contributed by atoms with E-state index in [-0.39, 0.29) is 11.3 Å². The standard InChI is InChI=1S/C18H18FNO6S/c1-10-11(2)27-17(16(10)18(23)24-3)20-14(21)8-26-15(22)9-25-13-7-5-4-6-12(13)19/h4-7H,8-9H2,1-3H3,(H,20,21). The van der Waals surface area contributed by atoms with Crippen molar-refractivity contribution in [1.82, 2.24) is 0 Å². The molecule has 1 N–H and O–H groups in total. The number of methoxy groups -OCH3 is 1. The fourth-order valence-corrected chi connectivity index (χ4v) is 3.18. The van der Waals surface area contributed by atoms with Crippen LogP contribution in [0.2, 0.25) is 0 Å². The molecule has 1 heterocycles. The third-order valence-corrected chi connectivity index (χ3v) is 4.70. The minimum Gasteiger partial charge on any atom is -0.479 e. The normalized spacial score (nSPS) is 10.2. The molecule has 0 aliphatic carbocycles. The molecule has 0 radical (unpaired) electrons. The Kier molecular flexibility index (Phi) is 6.89. The zero-order chi connectivity index (χ0) is 20.0. The average molecular weight is 395 g/mol. The number of halogens is 1. The van der Waals surface area contributed by atoms with Gasteiger partial charge in [0.05, 0.1) is 12.7 Å². The lowest BCUT2D eigenvalue weighted by molar-refractivity contribution is -0.149. The van der Waals surface area contributed by atoms with Crippen molar-refractivity contribution in [3.63, 3.8) is 0 Å². The second-order valence-electron chi connectivity index (χ2n) is 5.41. The van der Waals surface area contributed by atoms with E-state index < -0.39 is 36.9 Å². The van der Waals surface area contributed by atoms with Crippen LogP contribution in [-0.2, 0) is 19.1 Å². The highest BCUT2D eigenvalue weighted by Crippen LogP contribution is 2.32. The first-order valence-corrected chi connectivity index (χ1v) is 8.66. The molecule has 0 spiro atoms. The molecule has 1 aromatic carbocycles. The Morgan fingerprint density at radius 2 is 1.85 bits per heavy atom. The summed E-state index contributed by atoms with van der Waals surface area (Å²) in [7, 11) is 1.25. The van der Waals surface area contributed by atoms with E-state index in [9.17, 15) is 18.8 Å². The van der Waals surface area contributed by atoms with Gasteiger partial charge in [0.15, 0.2) is 24.8 Å². The summed E-state index contributed by atoms with van der Waals surface area (Å²) in [4.78, 5) is 36.3. The summed E-state index contributed by atoms with van der Waals surface area (Å²) < 4.78 is 27.9. The Labute approximate surface area is 159 Å². The summed E-state index contributed by atoms with van der Waals surface area (Å²) in [5, 5.41) is 2.85. The van der Waals surface area contributed by atoms with Crippen molar-refractivity contribution in [3.8, 4) is 5.75 Å². The lowest BCUT2D eigenvalue weighted by Crippen LogP contribution is -2.24. The molecule has 0 bridgehead atoms. The third-order valence-electron chi connectivity index (χ3n) is 3.57. The van der Waals surface area contributed by atoms with Gasteiger partial charge in [-0.05, 0) is 31.5 Å². The smallest absolute Gasteiger partial charge is 0.344 e. The van der Waals surface area contributed by atoms with Crippen molar-refractivity contribution in [1.29, 1.82) is 0 Å². The lowest BCUT2D eigenvalue weighted by atomic mass is 10.1. The first kappa shape index (κ1) is 20.4. The van der Waals surface area contributed by atoms with Crippen molar-refractivity contribution < 1.29 is 33.0 Å². The Bertz CT molecular complexity index is 864. The molecule has 7 nitrogen and oxygen atoms in total. The van der Waals surface area contributed by atoms with E-state index in [2.05, 4.69) is 5.32 Å². The molecule has 0 aliphatic rings. The number of rotatable bonds is 7. The predicted octanol–water partition coefficient (Wildman–Crippen LogP) is 2.85. The number of amides is 1. The maximum absolute atomic E-state index is 13.4. The molecular formula is C18H18FNO6S. The molecular weight excluding hydrogens is 377 g/mol. The van der Waals surface area contributed by atoms with Crippen LogP contribution >= 0.6 is 11.3 Å². The first-order chi connectivity index (χ1) is 12.8. The van der Waals surface area contributed by atoms with Crippen molar-refractivity contribution in [2.45, 2.75) is 13.8 Å². The van der Waals surface area contributed by atoms with E-state index in [4.69, 9.17) is 14.2 Å². The third kappa shape index (κ3) is 5.27. The topological polar surface area (TPSA) is 90.9 Å². The summed E-state index contributed by atoms with van der Waals surface area (Å²) in [6.45, 7) is 2.44. The van der Waals surface area contributed by atoms with Gasteiger partial charge < -0.3 is 19.5 Å². The van der Waals surface area contributed by atoms with E-state index in [1.54, 1.807) is 13.0 Å². The molecule has 0 fully saturated rings. The molecule has 9 heteroatoms. The van der Waals surface area contributed by atoms with E-state index in [1.807, 2.05) is 6.92 Å². The number of esters is 2. The van der Waals surface area contributed by atoms with Gasteiger partial charge in [0, 0.05) is 4.88 Å². The van der Waals surface area contributed by atoms with Crippen molar-refractivity contribution in [2.75, 3.05) is 25.6 Å². The number of carbonyl (C=O) groups is 3. The first-order valence-electron chi connectivity index (χ1n) is 7.84. The molecule has 0 atom stereocenters. The maximum Gasteiger partial charge on any atom is 0.344 e. The van der Waals surface area contributed by atoms with Crippen molar-refractivity contribution in [2.24, 2.45) is 0 Å². The molecule has 144 valence electrons. The predicted molar refractivity (Wildman–Crippen MR) is 96.6 cm³/mol. The highest BCUT2D eigenvalue weighted by molar-refractivity contribution is 7.16. The second-order valence-corrected chi connectivity index (χ2v) is 6.63. The Morgan fingerprint density at radius 1 is 1.15 bits per heavy atom. The van der Waals surface area contributed by atoms with Crippen LogP contribution in [-0.4, -0.2) is 38.2 Å². The molecule has 2 rings (SSSR count). The molecule has 27 heavy (non-hydrogen) atoms. The van der Waals surface area contributed by atoms with Crippen LogP contribution in [0, 0.1) is 19.7 Å². The fourth-order valence-electron chi connectivity index (χ4n) is 2.11. The van der Waals surface area contributed by atoms with E-state index in [0.29, 0.717) is 10.6 Å². The summed E-state index contributed by atoms with van der Waals surface area (Å²) in [6.07, 6.45) is 0. The minimum absolute atomic E-state index is 0.0915. The molecule has 0 saturated carbocycles. The van der Waals surface area contributed by atoms with Crippen LogP contribution in [0.3, 0.4) is 0 Å². The summed E-state index contributed by atoms with van der Waals surface area (Å²) in [5.41, 5.74) is 0.972. The Balaban J connectivity index is 1.88. The molecule has 0 unspecified atom stereocenters. The van der Waals surface area contributed by atoms with Crippen LogP contribution in [0.4, 0.5) is 9.39 Å². The zero-order valence-corrected chi connectivity index (χ0v) is 15.8. The highest BCUT2D eigenvalue weighted by atomic mass is 32.1. The van der Waals surface area contributed by atoms with Crippen LogP contribution < -0.4 is 10.1 Å². The number of benzene rings is 1. The number of para-hydroxylation sites is 1. The largest absolute Gasteiger partial charge is 0.479 e. The summed E-state index contributed by atoms with van der Waals surface area (Å²) in [6, 6.07) is 5.60. The SMILES string of the molecule is COC(=O)c1c(NC(=O)COC(=O)COc2ccccc2F)sc(C)c1C. The van der Waals surface area contributed by atoms with Crippen LogP contribution in [0.25, 0.3) is 0 Å². The van der Waals surface area contributed by atoms with Crippen LogP contribution in [0.15, 0.2) is 24.3 Å². The number of nitrogens with one attached hydrogen (secondary N) is 1. The van der Waals surface area contributed by atoms with Gasteiger partial charge in [-0.15, -0.1) is 11.3 Å². The number of hydrogen-bond donors (Lipinski definition) is 1. The number of thiophene rings is 1. The molecule has 0 saturated heterocycles. The van der Waals surface area contributed by atoms with E-state index in [1.165, 1.54) is 36.6 Å². The maximum atomic E-state index is 13.4. The van der Waals surface area contributed by atoms with E-state index >= 15 is 0 Å². The zero-order valence-electron chi connectivity index (χ0n) is 15.0. The summed E-state index contributed by atoms with van der Waals surface area (Å²) >= 11 is 1.22. The van der Waals surface area contributed by atoms with Crippen LogP contribution in [0.5, 0.6) is 5.75 Å². The van der Waals surface area contributed by atoms with Gasteiger partial charge in [-0.1, -0.05) is 12.1 Å². The lowest BCUT2D eigenvalue weighted by Gasteiger charge is -2.08. The van der Waals surface area contributed by atoms with Gasteiger partial charge in [-0.3, -0.25) is 4.79 Å². The van der Waals surface area contributed by atoms with Gasteiger partial charge in [0.25, 0.3) is 5.91 Å². The average Bonchev–Trinajstić information content (AvgIpc) is 2.92. The van der Waals surface area contributed by atoms with Gasteiger partial charge >= 0.3 is 11.9 Å². The molecule has 1 aromatic heterocycles. The van der Waals surface area contributed by atoms with Crippen molar-refractivity contribution in [3.05, 3.63) is 46.1 Å². The molecule has 1 amide bonds. The fraction of sp³-hybridized carbons (Fsp3) is 0.278. The quantitative estimate of drug-likeness (QED) is 0.725. The van der Waals surface area contributed by atoms with Gasteiger partial charge in [-0.2, -0.15) is 0 Å². The number of aryl methyl sites for hydroxylation is 1. The van der Waals surface area contributed by atoms with Crippen LogP contribution in [0.1, 0.15) is 20.8 Å². The van der Waals surface area contributed by atoms with Gasteiger partial charge in [0.1, 0.15) is 5.00 Å². The number of hydrogen-bond acceptors (Lipinski definition) is 7.